The number of hydrogen-bond donors (Lipinski definition) is 2. The highest BCUT2D eigenvalue weighted by Crippen LogP contribution is 2.19. The molecular formula is C12H12N4O. The van der Waals surface area contributed by atoms with Gasteiger partial charge in [0.15, 0.2) is 0 Å². The molecule has 86 valence electrons. The minimum atomic E-state index is -0.449. The van der Waals surface area contributed by atoms with Gasteiger partial charge in [-0.1, -0.05) is 12.1 Å². The molecule has 1 aromatic heterocycles. The number of nitrogens with zero attached hydrogens (tertiary/aromatic N) is 2. The van der Waals surface area contributed by atoms with Crippen molar-refractivity contribution in [2.45, 2.75) is 0 Å². The molecule has 17 heavy (non-hydrogen) atoms. The number of carbonyl (C=O) groups is 1. The Hall–Kier alpha value is -2.43. The van der Waals surface area contributed by atoms with Gasteiger partial charge in [0.05, 0.1) is 5.69 Å². The van der Waals surface area contributed by atoms with Crippen LogP contribution in [0.4, 0.5) is 5.82 Å². The molecule has 0 aliphatic heterocycles. The first-order chi connectivity index (χ1) is 8.20. The Kier molecular flexibility index (Phi) is 3.00. The zero-order chi connectivity index (χ0) is 12.3. The Morgan fingerprint density at radius 2 is 2.12 bits per heavy atom. The number of carbonyl (C=O) groups excluding carboxylic acids is 1. The lowest BCUT2D eigenvalue weighted by molar-refractivity contribution is 0.100. The van der Waals surface area contributed by atoms with Crippen LogP contribution in [0.5, 0.6) is 0 Å². The van der Waals surface area contributed by atoms with E-state index in [-0.39, 0.29) is 0 Å². The average Bonchev–Trinajstić information content (AvgIpc) is 2.39. The van der Waals surface area contributed by atoms with Crippen molar-refractivity contribution in [3.05, 3.63) is 42.2 Å². The molecule has 2 aromatic rings. The second-order valence-corrected chi connectivity index (χ2v) is 3.48. The van der Waals surface area contributed by atoms with E-state index < -0.39 is 5.91 Å². The molecule has 1 amide bonds. The standard InChI is InChI=1S/C12H12N4O/c1-14-11-6-10(15-7-16-11)8-3-2-4-9(5-8)12(13)17/h2-7H,1H3,(H2,13,17)(H,14,15,16). The molecule has 2 rings (SSSR count). The Morgan fingerprint density at radius 3 is 2.82 bits per heavy atom. The second kappa shape index (κ2) is 4.61. The second-order valence-electron chi connectivity index (χ2n) is 3.48. The van der Waals surface area contributed by atoms with Crippen LogP contribution >= 0.6 is 0 Å². The number of benzene rings is 1. The molecule has 5 nitrogen and oxygen atoms in total. The number of nitrogens with one attached hydrogen (secondary N) is 1. The lowest BCUT2D eigenvalue weighted by atomic mass is 10.1. The van der Waals surface area contributed by atoms with E-state index in [2.05, 4.69) is 15.3 Å². The average molecular weight is 228 g/mol. The van der Waals surface area contributed by atoms with Gasteiger partial charge in [0, 0.05) is 24.2 Å². The van der Waals surface area contributed by atoms with Crippen LogP contribution in [-0.4, -0.2) is 22.9 Å². The zero-order valence-corrected chi connectivity index (χ0v) is 9.34. The maximum absolute atomic E-state index is 11.1. The highest BCUT2D eigenvalue weighted by Gasteiger charge is 2.05. The van der Waals surface area contributed by atoms with Crippen LogP contribution in [0.3, 0.4) is 0 Å². The predicted octanol–water partition coefficient (Wildman–Crippen LogP) is 1.28. The van der Waals surface area contributed by atoms with Crippen LogP contribution in [0, 0.1) is 0 Å². The fourth-order valence-corrected chi connectivity index (χ4v) is 1.48. The van der Waals surface area contributed by atoms with Crippen molar-refractivity contribution in [3.63, 3.8) is 0 Å². The van der Waals surface area contributed by atoms with Gasteiger partial charge >= 0.3 is 0 Å². The van der Waals surface area contributed by atoms with E-state index >= 15 is 0 Å². The van der Waals surface area contributed by atoms with Crippen molar-refractivity contribution < 1.29 is 4.79 Å². The molecule has 1 heterocycles. The van der Waals surface area contributed by atoms with Gasteiger partial charge in [-0.05, 0) is 12.1 Å². The number of amides is 1. The topological polar surface area (TPSA) is 80.9 Å². The molecule has 0 atom stereocenters. The van der Waals surface area contributed by atoms with Crippen molar-refractivity contribution >= 4 is 11.7 Å². The SMILES string of the molecule is CNc1cc(-c2cccc(C(N)=O)c2)ncn1. The van der Waals surface area contributed by atoms with E-state index in [1.54, 1.807) is 31.3 Å². The van der Waals surface area contributed by atoms with Crippen LogP contribution in [0.25, 0.3) is 11.3 Å². The Morgan fingerprint density at radius 1 is 1.29 bits per heavy atom. The minimum absolute atomic E-state index is 0.449. The fourth-order valence-electron chi connectivity index (χ4n) is 1.48. The van der Waals surface area contributed by atoms with Gasteiger partial charge in [-0.3, -0.25) is 4.79 Å². The number of nitrogens with two attached hydrogens (primary N) is 1. The molecule has 0 aliphatic rings. The first-order valence-electron chi connectivity index (χ1n) is 5.11. The van der Waals surface area contributed by atoms with Crippen molar-refractivity contribution in [2.75, 3.05) is 12.4 Å². The summed E-state index contributed by atoms with van der Waals surface area (Å²) in [6.07, 6.45) is 1.47. The van der Waals surface area contributed by atoms with Crippen LogP contribution in [0.2, 0.25) is 0 Å². The van der Waals surface area contributed by atoms with E-state index in [4.69, 9.17) is 5.73 Å². The molecule has 0 bridgehead atoms. The highest BCUT2D eigenvalue weighted by molar-refractivity contribution is 5.94. The van der Waals surface area contributed by atoms with E-state index in [9.17, 15) is 4.79 Å². The summed E-state index contributed by atoms with van der Waals surface area (Å²) >= 11 is 0. The summed E-state index contributed by atoms with van der Waals surface area (Å²) in [4.78, 5) is 19.3. The first kappa shape index (κ1) is 11.1. The van der Waals surface area contributed by atoms with Gasteiger partial charge in [0.2, 0.25) is 5.91 Å². The van der Waals surface area contributed by atoms with Crippen LogP contribution in [0.15, 0.2) is 36.7 Å². The molecule has 0 spiro atoms. The van der Waals surface area contributed by atoms with Crippen LogP contribution in [-0.2, 0) is 0 Å². The first-order valence-corrected chi connectivity index (χ1v) is 5.11. The molecule has 3 N–H and O–H groups in total. The Bertz CT molecular complexity index is 554. The molecule has 0 saturated heterocycles. The Labute approximate surface area is 98.7 Å². The van der Waals surface area contributed by atoms with E-state index in [1.807, 2.05) is 6.07 Å². The molecule has 0 aliphatic carbocycles. The fraction of sp³-hybridized carbons (Fsp3) is 0.0833. The third kappa shape index (κ3) is 2.39. The summed E-state index contributed by atoms with van der Waals surface area (Å²) in [7, 11) is 1.78. The highest BCUT2D eigenvalue weighted by atomic mass is 16.1. The lowest BCUT2D eigenvalue weighted by Gasteiger charge is -2.04. The smallest absolute Gasteiger partial charge is 0.248 e. The van der Waals surface area contributed by atoms with Gasteiger partial charge in [-0.2, -0.15) is 0 Å². The van der Waals surface area contributed by atoms with Gasteiger partial charge in [-0.25, -0.2) is 9.97 Å². The van der Waals surface area contributed by atoms with E-state index in [0.29, 0.717) is 5.56 Å². The summed E-state index contributed by atoms with van der Waals surface area (Å²) in [6.45, 7) is 0. The van der Waals surface area contributed by atoms with E-state index in [1.165, 1.54) is 6.33 Å². The molecule has 0 unspecified atom stereocenters. The molecule has 0 saturated carbocycles. The molecule has 1 aromatic carbocycles. The number of anilines is 1. The Balaban J connectivity index is 2.45. The van der Waals surface area contributed by atoms with Crippen LogP contribution < -0.4 is 11.1 Å². The van der Waals surface area contributed by atoms with Crippen molar-refractivity contribution in [3.8, 4) is 11.3 Å². The number of aromatic nitrogens is 2. The van der Waals surface area contributed by atoms with Crippen molar-refractivity contribution in [1.82, 2.24) is 9.97 Å². The van der Waals surface area contributed by atoms with Crippen molar-refractivity contribution in [1.29, 1.82) is 0 Å². The lowest BCUT2D eigenvalue weighted by Crippen LogP contribution is -2.10. The number of hydrogen-bond acceptors (Lipinski definition) is 4. The molecular weight excluding hydrogens is 216 g/mol. The monoisotopic (exact) mass is 228 g/mol. The third-order valence-electron chi connectivity index (χ3n) is 2.37. The number of rotatable bonds is 3. The zero-order valence-electron chi connectivity index (χ0n) is 9.34. The molecule has 5 heteroatoms. The predicted molar refractivity (Wildman–Crippen MR) is 65.5 cm³/mol. The summed E-state index contributed by atoms with van der Waals surface area (Å²) in [5.74, 6) is 0.272. The molecule has 0 fully saturated rings. The van der Waals surface area contributed by atoms with Gasteiger partial charge in [0.1, 0.15) is 12.1 Å². The van der Waals surface area contributed by atoms with Crippen molar-refractivity contribution in [2.24, 2.45) is 5.73 Å². The van der Waals surface area contributed by atoms with Crippen LogP contribution in [0.1, 0.15) is 10.4 Å². The van der Waals surface area contributed by atoms with Gasteiger partial charge < -0.3 is 11.1 Å². The summed E-state index contributed by atoms with van der Waals surface area (Å²) in [6, 6.07) is 8.83. The quantitative estimate of drug-likeness (QED) is 0.829. The largest absolute Gasteiger partial charge is 0.373 e. The number of primary amides is 1. The third-order valence-corrected chi connectivity index (χ3v) is 2.37. The summed E-state index contributed by atoms with van der Waals surface area (Å²) in [5, 5.41) is 2.93. The summed E-state index contributed by atoms with van der Waals surface area (Å²) in [5.41, 5.74) is 7.27. The maximum Gasteiger partial charge on any atom is 0.248 e. The maximum atomic E-state index is 11.1. The van der Waals surface area contributed by atoms with Gasteiger partial charge in [0.25, 0.3) is 0 Å². The summed E-state index contributed by atoms with van der Waals surface area (Å²) < 4.78 is 0. The normalized spacial score (nSPS) is 9.94. The minimum Gasteiger partial charge on any atom is -0.373 e. The van der Waals surface area contributed by atoms with Gasteiger partial charge in [-0.15, -0.1) is 0 Å². The molecule has 0 radical (unpaired) electrons. The van der Waals surface area contributed by atoms with E-state index in [0.717, 1.165) is 17.1 Å².